The maximum Gasteiger partial charge on any atom is 4.00 e. The van der Waals surface area contributed by atoms with E-state index in [1.54, 1.807) is 5.56 Å². The molecule has 5 heteroatoms. The Labute approximate surface area is 223 Å². The van der Waals surface area contributed by atoms with Gasteiger partial charge in [0, 0.05) is 15.2 Å². The minimum atomic E-state index is -2.14. The van der Waals surface area contributed by atoms with Crippen molar-refractivity contribution in [3.05, 3.63) is 86.4 Å². The summed E-state index contributed by atoms with van der Waals surface area (Å²) in [6.45, 7) is 14.2. The van der Waals surface area contributed by atoms with E-state index in [1.807, 2.05) is 0 Å². The first-order valence-electron chi connectivity index (χ1n) is 10.4. The number of hydrogen-bond acceptors (Lipinski definition) is 1. The van der Waals surface area contributed by atoms with Gasteiger partial charge in [-0.3, -0.25) is 0 Å². The Kier molecular flexibility index (Phi) is 11.6. The van der Waals surface area contributed by atoms with Crippen LogP contribution in [0.4, 0.5) is 0 Å². The van der Waals surface area contributed by atoms with Gasteiger partial charge in [0.25, 0.3) is 0 Å². The quantitative estimate of drug-likeness (QED) is 0.291. The van der Waals surface area contributed by atoms with Gasteiger partial charge in [0.2, 0.25) is 0 Å². The van der Waals surface area contributed by atoms with Crippen LogP contribution in [0.25, 0.3) is 4.98 Å². The summed E-state index contributed by atoms with van der Waals surface area (Å²) in [6, 6.07) is 17.7. The van der Waals surface area contributed by atoms with Crippen LogP contribution in [0.15, 0.2) is 53.4 Å². The molecule has 2 aliphatic rings. The molecule has 1 aliphatic carbocycles. The predicted molar refractivity (Wildman–Crippen MR) is 146 cm³/mol. The predicted octanol–water partition coefficient (Wildman–Crippen LogP) is 8.56. The third kappa shape index (κ3) is 5.61. The van der Waals surface area contributed by atoms with Gasteiger partial charge in [-0.15, -0.1) is 17.3 Å². The fraction of sp³-hybridized carbons (Fsp3) is 0.444. The summed E-state index contributed by atoms with van der Waals surface area (Å²) < 4.78 is 0. The number of halogens is 1. The Morgan fingerprint density at radius 3 is 2.03 bits per heavy atom. The molecule has 0 aromatic heterocycles. The standard InChI is InChI=1S/C24H31ClNSSi.3CH3.Ti/c1-15-16(2)23(22-21(15)19-9-7-8-10-20(19)27-22)28(6,26-24(3,4)5)18-13-11-17(25)12-14-18;;;;/h7-16,21-23H,1-6H3;3*1H3;/q4*-1;+4. The third-order valence-corrected chi connectivity index (χ3v) is 13.7. The van der Waals surface area contributed by atoms with Crippen LogP contribution in [0.1, 0.15) is 46.1 Å². The van der Waals surface area contributed by atoms with E-state index in [0.29, 0.717) is 28.5 Å². The first-order valence-corrected chi connectivity index (χ1v) is 14.2. The summed E-state index contributed by atoms with van der Waals surface area (Å²) in [4.78, 5) is 7.10. The number of nitrogens with zero attached hydrogens (tertiary/aromatic N) is 1. The summed E-state index contributed by atoms with van der Waals surface area (Å²) in [5.41, 5.74) is 2.14. The van der Waals surface area contributed by atoms with E-state index >= 15 is 0 Å². The van der Waals surface area contributed by atoms with Crippen LogP contribution < -0.4 is 5.19 Å². The van der Waals surface area contributed by atoms with E-state index in [4.69, 9.17) is 16.6 Å². The van der Waals surface area contributed by atoms with Crippen molar-refractivity contribution >= 4 is 36.8 Å². The molecular weight excluding hydrogens is 482 g/mol. The molecule has 1 nitrogen and oxygen atoms in total. The summed E-state index contributed by atoms with van der Waals surface area (Å²) in [6.07, 6.45) is 0. The number of thioether (sulfide) groups is 1. The molecule has 1 heterocycles. The van der Waals surface area contributed by atoms with E-state index in [-0.39, 0.29) is 49.5 Å². The van der Waals surface area contributed by atoms with Crippen LogP contribution in [-0.4, -0.2) is 19.0 Å². The second-order valence-electron chi connectivity index (χ2n) is 9.83. The second-order valence-corrected chi connectivity index (χ2v) is 15.2. The van der Waals surface area contributed by atoms with Gasteiger partial charge in [0.1, 0.15) is 0 Å². The van der Waals surface area contributed by atoms with Gasteiger partial charge in [-0.05, 0) is 55.3 Å². The Morgan fingerprint density at radius 1 is 0.906 bits per heavy atom. The fourth-order valence-corrected chi connectivity index (χ4v) is 13.7. The van der Waals surface area contributed by atoms with Crippen LogP contribution in [-0.2, 0) is 21.7 Å². The van der Waals surface area contributed by atoms with Crippen LogP contribution in [0.5, 0.6) is 0 Å². The van der Waals surface area contributed by atoms with Gasteiger partial charge in [0.05, 0.1) is 0 Å². The van der Waals surface area contributed by atoms with Crippen molar-refractivity contribution < 1.29 is 21.7 Å². The van der Waals surface area contributed by atoms with Crippen molar-refractivity contribution in [3.63, 3.8) is 0 Å². The van der Waals surface area contributed by atoms with Gasteiger partial charge in [-0.2, -0.15) is 0 Å². The second kappa shape index (κ2) is 11.6. The normalized spacial score (nSPS) is 27.4. The molecule has 0 saturated heterocycles. The van der Waals surface area contributed by atoms with E-state index in [0.717, 1.165) is 5.02 Å². The molecule has 1 aliphatic heterocycles. The zero-order chi connectivity index (χ0) is 20.3. The number of benzene rings is 2. The first-order chi connectivity index (χ1) is 13.1. The molecule has 6 unspecified atom stereocenters. The van der Waals surface area contributed by atoms with Gasteiger partial charge < -0.3 is 27.3 Å². The first kappa shape index (κ1) is 32.0. The molecule has 174 valence electrons. The molecule has 0 bridgehead atoms. The van der Waals surface area contributed by atoms with Crippen molar-refractivity contribution in [2.24, 2.45) is 11.8 Å². The molecule has 1 saturated carbocycles. The summed E-state index contributed by atoms with van der Waals surface area (Å²) in [7, 11) is -2.14. The number of hydrogen-bond donors (Lipinski definition) is 0. The average Bonchev–Trinajstić information content (AvgIpc) is 3.09. The topological polar surface area (TPSA) is 14.1 Å². The van der Waals surface area contributed by atoms with E-state index < -0.39 is 8.24 Å². The number of rotatable bonds is 3. The van der Waals surface area contributed by atoms with Crippen molar-refractivity contribution in [2.45, 2.75) is 68.3 Å². The Bertz CT molecular complexity index is 869. The summed E-state index contributed by atoms with van der Waals surface area (Å²) in [5, 5.41) is 2.86. The molecule has 2 aromatic rings. The van der Waals surface area contributed by atoms with Crippen molar-refractivity contribution in [1.82, 2.24) is 0 Å². The maximum atomic E-state index is 6.24. The van der Waals surface area contributed by atoms with E-state index in [2.05, 4.69) is 101 Å². The molecule has 2 aromatic carbocycles. The Balaban J connectivity index is 0.00000240. The van der Waals surface area contributed by atoms with E-state index in [9.17, 15) is 0 Å². The van der Waals surface area contributed by atoms with Gasteiger partial charge in [0.15, 0.2) is 0 Å². The van der Waals surface area contributed by atoms with Crippen molar-refractivity contribution in [3.8, 4) is 0 Å². The monoisotopic (exact) mass is 521 g/mol. The summed E-state index contributed by atoms with van der Waals surface area (Å²) in [5.74, 6) is 1.99. The molecule has 0 radical (unpaired) electrons. The molecule has 32 heavy (non-hydrogen) atoms. The van der Waals surface area contributed by atoms with Gasteiger partial charge in [-0.1, -0.05) is 88.3 Å². The van der Waals surface area contributed by atoms with Crippen molar-refractivity contribution in [1.29, 1.82) is 0 Å². The third-order valence-electron chi connectivity index (χ3n) is 6.86. The number of fused-ring (bicyclic) bond motifs is 3. The van der Waals surface area contributed by atoms with Gasteiger partial charge >= 0.3 is 21.7 Å². The molecule has 1 fully saturated rings. The van der Waals surface area contributed by atoms with Crippen LogP contribution in [0.2, 0.25) is 17.1 Å². The molecule has 6 atom stereocenters. The minimum absolute atomic E-state index is 0. The SMILES string of the molecule is CC1C(C)C([Si](C)([N-]C(C)(C)C)c2ccc(Cl)cc2)C2Sc3ccccc3C12.[CH3-].[CH3-].[CH3-].[Ti+4]. The molecule has 0 amide bonds. The average molecular weight is 522 g/mol. The fourth-order valence-electron chi connectivity index (χ4n) is 5.74. The minimum Gasteiger partial charge on any atom is -0.656 e. The molecule has 0 N–H and O–H groups in total. The Hall–Kier alpha value is -0.0288. The largest absolute Gasteiger partial charge is 4.00 e. The summed E-state index contributed by atoms with van der Waals surface area (Å²) >= 11 is 8.36. The zero-order valence-electron chi connectivity index (χ0n) is 21.2. The smallest absolute Gasteiger partial charge is 0.656 e. The molecule has 4 rings (SSSR count). The van der Waals surface area contributed by atoms with Gasteiger partial charge in [-0.25, -0.2) is 0 Å². The molecular formula is C27H40ClNSSiTi. The zero-order valence-corrected chi connectivity index (χ0v) is 25.4. The van der Waals surface area contributed by atoms with E-state index in [1.165, 1.54) is 10.1 Å². The van der Waals surface area contributed by atoms with Crippen LogP contribution in [0.3, 0.4) is 0 Å². The Morgan fingerprint density at radius 2 is 1.47 bits per heavy atom. The van der Waals surface area contributed by atoms with Crippen molar-refractivity contribution in [2.75, 3.05) is 0 Å². The molecule has 0 spiro atoms. The van der Waals surface area contributed by atoms with Crippen LogP contribution in [0, 0.1) is 34.1 Å². The maximum absolute atomic E-state index is 6.24. The van der Waals surface area contributed by atoms with Crippen LogP contribution >= 0.6 is 23.4 Å².